The lowest BCUT2D eigenvalue weighted by Crippen LogP contribution is -2.45. The Kier molecular flexibility index (Phi) is 10.2. The first-order valence-corrected chi connectivity index (χ1v) is 11.7. The van der Waals surface area contributed by atoms with Crippen LogP contribution in [0.5, 0.6) is 5.75 Å². The summed E-state index contributed by atoms with van der Waals surface area (Å²) >= 11 is 6.06. The van der Waals surface area contributed by atoms with Gasteiger partial charge in [0.2, 0.25) is 0 Å². The van der Waals surface area contributed by atoms with E-state index in [0.29, 0.717) is 29.4 Å². The summed E-state index contributed by atoms with van der Waals surface area (Å²) < 4.78 is 15.9. The fraction of sp³-hybridized carbons (Fsp3) is 0.462. The molecule has 0 saturated heterocycles. The minimum absolute atomic E-state index is 0.0527. The maximum absolute atomic E-state index is 13.0. The van der Waals surface area contributed by atoms with Crippen LogP contribution in [0.15, 0.2) is 48.5 Å². The van der Waals surface area contributed by atoms with Gasteiger partial charge in [0.1, 0.15) is 11.4 Å². The Morgan fingerprint density at radius 2 is 1.79 bits per heavy atom. The van der Waals surface area contributed by atoms with E-state index in [-0.39, 0.29) is 19.2 Å². The van der Waals surface area contributed by atoms with Crippen LogP contribution in [0.1, 0.15) is 51.8 Å². The van der Waals surface area contributed by atoms with Crippen LogP contribution in [-0.4, -0.2) is 53.5 Å². The molecule has 0 aliphatic heterocycles. The average molecular weight is 492 g/mol. The van der Waals surface area contributed by atoms with E-state index < -0.39 is 23.8 Å². The molecule has 34 heavy (non-hydrogen) atoms. The molecule has 0 radical (unpaired) electrons. The first-order valence-electron chi connectivity index (χ1n) is 11.3. The Bertz CT molecular complexity index is 941. The van der Waals surface area contributed by atoms with E-state index >= 15 is 0 Å². The topological polar surface area (TPSA) is 85.3 Å². The monoisotopic (exact) mass is 491 g/mol. The molecule has 0 heterocycles. The van der Waals surface area contributed by atoms with Gasteiger partial charge in [-0.1, -0.05) is 35.9 Å². The predicted molar refractivity (Wildman–Crippen MR) is 131 cm³/mol. The van der Waals surface area contributed by atoms with Crippen molar-refractivity contribution in [2.24, 2.45) is 0 Å². The quantitative estimate of drug-likeness (QED) is 0.461. The molecule has 0 spiro atoms. The van der Waals surface area contributed by atoms with Gasteiger partial charge in [-0.05, 0) is 76.4 Å². The van der Waals surface area contributed by atoms with Gasteiger partial charge >= 0.3 is 12.1 Å². The molecule has 186 valence electrons. The van der Waals surface area contributed by atoms with E-state index in [1.807, 2.05) is 19.1 Å². The van der Waals surface area contributed by atoms with E-state index in [9.17, 15) is 14.7 Å². The largest absolute Gasteiger partial charge is 0.482 e. The number of hydrogen-bond donors (Lipinski definition) is 1. The smallest absolute Gasteiger partial charge is 0.410 e. The molecule has 2 unspecified atom stereocenters. The average Bonchev–Trinajstić information content (AvgIpc) is 2.75. The van der Waals surface area contributed by atoms with Crippen molar-refractivity contribution in [3.63, 3.8) is 0 Å². The highest BCUT2D eigenvalue weighted by Crippen LogP contribution is 2.23. The van der Waals surface area contributed by atoms with E-state index in [0.717, 1.165) is 5.56 Å². The van der Waals surface area contributed by atoms with Gasteiger partial charge in [0.25, 0.3) is 0 Å². The maximum atomic E-state index is 13.0. The highest BCUT2D eigenvalue weighted by molar-refractivity contribution is 6.30. The first kappa shape index (κ1) is 27.5. The molecule has 2 aromatic rings. The fourth-order valence-electron chi connectivity index (χ4n) is 3.28. The zero-order valence-corrected chi connectivity index (χ0v) is 21.2. The number of ether oxygens (including phenoxy) is 3. The van der Waals surface area contributed by atoms with Gasteiger partial charge in [0, 0.05) is 11.1 Å². The number of rotatable bonds is 10. The van der Waals surface area contributed by atoms with Crippen LogP contribution in [0.4, 0.5) is 4.79 Å². The van der Waals surface area contributed by atoms with Crippen molar-refractivity contribution in [3.8, 4) is 5.75 Å². The number of nitrogens with zero attached hydrogens (tertiary/aromatic N) is 1. The van der Waals surface area contributed by atoms with Crippen molar-refractivity contribution in [1.29, 1.82) is 0 Å². The van der Waals surface area contributed by atoms with E-state index in [4.69, 9.17) is 25.8 Å². The summed E-state index contributed by atoms with van der Waals surface area (Å²) in [6, 6.07) is 13.9. The molecule has 0 fully saturated rings. The van der Waals surface area contributed by atoms with Crippen molar-refractivity contribution in [1.82, 2.24) is 4.90 Å². The standard InChI is InChI=1S/C26H34ClNO6/c1-6-32-24(30)17-33-22-12-10-19(11-13-22)14-18(2)28(25(31)34-26(3,4)5)16-23(29)20-8-7-9-21(27)15-20/h7-13,15,18,23,29H,6,14,16-17H2,1-5H3. The predicted octanol–water partition coefficient (Wildman–Crippen LogP) is 5.18. The molecule has 0 aliphatic carbocycles. The number of esters is 1. The van der Waals surface area contributed by atoms with Crippen molar-refractivity contribution in [2.75, 3.05) is 19.8 Å². The van der Waals surface area contributed by atoms with E-state index in [2.05, 4.69) is 0 Å². The highest BCUT2D eigenvalue weighted by atomic mass is 35.5. The number of aliphatic hydroxyl groups is 1. The van der Waals surface area contributed by atoms with Crippen molar-refractivity contribution < 1.29 is 28.9 Å². The summed E-state index contributed by atoms with van der Waals surface area (Å²) in [6.45, 7) is 9.25. The van der Waals surface area contributed by atoms with Crippen LogP contribution < -0.4 is 4.74 Å². The summed E-state index contributed by atoms with van der Waals surface area (Å²) in [5.74, 6) is 0.122. The van der Waals surface area contributed by atoms with E-state index in [1.54, 1.807) is 64.1 Å². The molecule has 1 N–H and O–H groups in total. The molecular formula is C26H34ClNO6. The van der Waals surface area contributed by atoms with Gasteiger partial charge in [-0.15, -0.1) is 0 Å². The Morgan fingerprint density at radius 1 is 1.12 bits per heavy atom. The van der Waals surface area contributed by atoms with Gasteiger partial charge in [0.15, 0.2) is 6.61 Å². The summed E-state index contributed by atoms with van der Waals surface area (Å²) in [7, 11) is 0. The van der Waals surface area contributed by atoms with Crippen molar-refractivity contribution in [3.05, 3.63) is 64.7 Å². The normalized spacial score (nSPS) is 13.0. The van der Waals surface area contributed by atoms with Crippen LogP contribution in [-0.2, 0) is 20.7 Å². The minimum atomic E-state index is -0.924. The third kappa shape index (κ3) is 9.23. The second-order valence-electron chi connectivity index (χ2n) is 8.99. The second kappa shape index (κ2) is 12.6. The SMILES string of the molecule is CCOC(=O)COc1ccc(CC(C)N(CC(O)c2cccc(Cl)c2)C(=O)OC(C)(C)C)cc1. The van der Waals surface area contributed by atoms with Crippen LogP contribution in [0.2, 0.25) is 5.02 Å². The number of benzene rings is 2. The summed E-state index contributed by atoms with van der Waals surface area (Å²) in [6.07, 6.45) is -0.901. The van der Waals surface area contributed by atoms with E-state index in [1.165, 1.54) is 4.90 Å². The van der Waals surface area contributed by atoms with Crippen molar-refractivity contribution in [2.45, 2.75) is 58.8 Å². The van der Waals surface area contributed by atoms with Gasteiger partial charge < -0.3 is 24.2 Å². The lowest BCUT2D eigenvalue weighted by atomic mass is 10.0. The summed E-state index contributed by atoms with van der Waals surface area (Å²) in [5, 5.41) is 11.3. The summed E-state index contributed by atoms with van der Waals surface area (Å²) in [5.41, 5.74) is 0.909. The number of carbonyl (C=O) groups excluding carboxylic acids is 2. The van der Waals surface area contributed by atoms with Gasteiger partial charge in [0.05, 0.1) is 19.3 Å². The molecule has 2 aromatic carbocycles. The number of carbonyl (C=O) groups is 2. The Labute approximate surface area is 206 Å². The van der Waals surface area contributed by atoms with Crippen LogP contribution in [0.3, 0.4) is 0 Å². The fourth-order valence-corrected chi connectivity index (χ4v) is 3.48. The lowest BCUT2D eigenvalue weighted by Gasteiger charge is -2.33. The third-order valence-electron chi connectivity index (χ3n) is 4.88. The Balaban J connectivity index is 2.10. The molecule has 2 atom stereocenters. The Hall–Kier alpha value is -2.77. The number of hydrogen-bond acceptors (Lipinski definition) is 6. The molecule has 1 amide bonds. The van der Waals surface area contributed by atoms with Crippen LogP contribution in [0.25, 0.3) is 0 Å². The molecule has 2 rings (SSSR count). The minimum Gasteiger partial charge on any atom is -0.482 e. The lowest BCUT2D eigenvalue weighted by molar-refractivity contribution is -0.145. The number of amides is 1. The molecule has 0 bridgehead atoms. The van der Waals surface area contributed by atoms with Gasteiger partial charge in [-0.2, -0.15) is 0 Å². The Morgan fingerprint density at radius 3 is 2.38 bits per heavy atom. The zero-order chi connectivity index (χ0) is 25.3. The van der Waals surface area contributed by atoms with Crippen molar-refractivity contribution >= 4 is 23.7 Å². The molecule has 0 aromatic heterocycles. The van der Waals surface area contributed by atoms with Crippen LogP contribution in [0, 0.1) is 0 Å². The highest BCUT2D eigenvalue weighted by Gasteiger charge is 2.28. The molecule has 8 heteroatoms. The zero-order valence-electron chi connectivity index (χ0n) is 20.4. The third-order valence-corrected chi connectivity index (χ3v) is 5.11. The second-order valence-corrected chi connectivity index (χ2v) is 9.43. The maximum Gasteiger partial charge on any atom is 0.410 e. The summed E-state index contributed by atoms with van der Waals surface area (Å²) in [4.78, 5) is 26.0. The molecule has 7 nitrogen and oxygen atoms in total. The van der Waals surface area contributed by atoms with Gasteiger partial charge in [-0.25, -0.2) is 9.59 Å². The molecule has 0 aliphatic rings. The van der Waals surface area contributed by atoms with Crippen LogP contribution >= 0.6 is 11.6 Å². The first-order chi connectivity index (χ1) is 16.0. The molecular weight excluding hydrogens is 458 g/mol. The number of halogens is 1. The number of aliphatic hydroxyl groups excluding tert-OH is 1. The van der Waals surface area contributed by atoms with Gasteiger partial charge in [-0.3, -0.25) is 0 Å². The molecule has 0 saturated carbocycles.